The van der Waals surface area contributed by atoms with Crippen LogP contribution in [0.3, 0.4) is 0 Å². The van der Waals surface area contributed by atoms with Gasteiger partial charge in [-0.1, -0.05) is 23.5 Å². The van der Waals surface area contributed by atoms with E-state index in [0.29, 0.717) is 0 Å². The SMILES string of the molecule is COC(=O)CN(C)c1nc2ccccc2s1. The Morgan fingerprint density at radius 1 is 1.50 bits per heavy atom. The maximum atomic E-state index is 11.1. The van der Waals surface area contributed by atoms with E-state index in [4.69, 9.17) is 0 Å². The van der Waals surface area contributed by atoms with Gasteiger partial charge in [0.05, 0.1) is 17.3 Å². The van der Waals surface area contributed by atoms with Gasteiger partial charge in [-0.25, -0.2) is 4.98 Å². The van der Waals surface area contributed by atoms with Crippen molar-refractivity contribution in [3.8, 4) is 0 Å². The molecule has 16 heavy (non-hydrogen) atoms. The molecule has 0 bridgehead atoms. The van der Waals surface area contributed by atoms with Gasteiger partial charge in [0.15, 0.2) is 5.13 Å². The number of ether oxygens (including phenoxy) is 1. The molecular formula is C11H12N2O2S. The van der Waals surface area contributed by atoms with Gasteiger partial charge in [0, 0.05) is 7.05 Å². The fourth-order valence-electron chi connectivity index (χ4n) is 1.35. The van der Waals surface area contributed by atoms with Crippen LogP contribution in [0.15, 0.2) is 24.3 Å². The van der Waals surface area contributed by atoms with Crippen LogP contribution in [-0.4, -0.2) is 31.7 Å². The van der Waals surface area contributed by atoms with Gasteiger partial charge in [-0.2, -0.15) is 0 Å². The lowest BCUT2D eigenvalue weighted by Crippen LogP contribution is -2.26. The van der Waals surface area contributed by atoms with Crippen molar-refractivity contribution in [1.82, 2.24) is 4.98 Å². The molecule has 84 valence electrons. The highest BCUT2D eigenvalue weighted by Gasteiger charge is 2.11. The van der Waals surface area contributed by atoms with Crippen molar-refractivity contribution in [3.63, 3.8) is 0 Å². The number of hydrogen-bond donors (Lipinski definition) is 0. The van der Waals surface area contributed by atoms with Crippen LogP contribution < -0.4 is 4.90 Å². The third kappa shape index (κ3) is 2.14. The third-order valence-electron chi connectivity index (χ3n) is 2.20. The summed E-state index contributed by atoms with van der Waals surface area (Å²) in [4.78, 5) is 17.3. The zero-order valence-corrected chi connectivity index (χ0v) is 9.95. The minimum atomic E-state index is -0.262. The summed E-state index contributed by atoms with van der Waals surface area (Å²) < 4.78 is 5.73. The number of para-hydroxylation sites is 1. The fourth-order valence-corrected chi connectivity index (χ4v) is 2.28. The fraction of sp³-hybridized carbons (Fsp3) is 0.273. The Bertz CT molecular complexity index is 476. The van der Waals surface area contributed by atoms with Crippen LogP contribution in [-0.2, 0) is 9.53 Å². The number of thiazole rings is 1. The van der Waals surface area contributed by atoms with Crippen LogP contribution in [0.25, 0.3) is 10.2 Å². The standard InChI is InChI=1S/C11H12N2O2S/c1-13(7-10(14)15-2)11-12-8-5-3-4-6-9(8)16-11/h3-6H,7H2,1-2H3. The van der Waals surface area contributed by atoms with Crippen LogP contribution in [0.5, 0.6) is 0 Å². The van der Waals surface area contributed by atoms with E-state index in [0.717, 1.165) is 15.3 Å². The number of carbonyl (C=O) groups is 1. The molecule has 2 rings (SSSR count). The number of esters is 1. The second-order valence-electron chi connectivity index (χ2n) is 3.40. The summed E-state index contributed by atoms with van der Waals surface area (Å²) in [5, 5.41) is 0.826. The molecule has 1 heterocycles. The smallest absolute Gasteiger partial charge is 0.325 e. The number of hydrogen-bond acceptors (Lipinski definition) is 5. The van der Waals surface area contributed by atoms with Crippen LogP contribution >= 0.6 is 11.3 Å². The first kappa shape index (κ1) is 10.9. The van der Waals surface area contributed by atoms with Crippen molar-refractivity contribution < 1.29 is 9.53 Å². The summed E-state index contributed by atoms with van der Waals surface area (Å²) in [7, 11) is 3.21. The molecule has 0 atom stereocenters. The first-order valence-electron chi connectivity index (χ1n) is 4.84. The average Bonchev–Trinajstić information content (AvgIpc) is 2.72. The molecule has 1 aromatic heterocycles. The van der Waals surface area contributed by atoms with Crippen molar-refractivity contribution in [2.75, 3.05) is 25.6 Å². The third-order valence-corrected chi connectivity index (χ3v) is 3.35. The highest BCUT2D eigenvalue weighted by Crippen LogP contribution is 2.27. The molecular weight excluding hydrogens is 224 g/mol. The number of aromatic nitrogens is 1. The first-order valence-corrected chi connectivity index (χ1v) is 5.66. The molecule has 1 aromatic carbocycles. The zero-order chi connectivity index (χ0) is 11.5. The lowest BCUT2D eigenvalue weighted by atomic mass is 10.3. The van der Waals surface area contributed by atoms with Crippen molar-refractivity contribution >= 4 is 32.7 Å². The molecule has 0 aliphatic rings. The summed E-state index contributed by atoms with van der Waals surface area (Å²) in [6.07, 6.45) is 0. The van der Waals surface area contributed by atoms with Gasteiger partial charge in [-0.15, -0.1) is 0 Å². The predicted octanol–water partition coefficient (Wildman–Crippen LogP) is 1.91. The molecule has 0 radical (unpaired) electrons. The summed E-state index contributed by atoms with van der Waals surface area (Å²) in [6, 6.07) is 7.90. The van der Waals surface area contributed by atoms with E-state index in [9.17, 15) is 4.79 Å². The van der Waals surface area contributed by atoms with E-state index in [-0.39, 0.29) is 12.5 Å². The second kappa shape index (κ2) is 4.49. The predicted molar refractivity (Wildman–Crippen MR) is 64.9 cm³/mol. The molecule has 0 amide bonds. The Labute approximate surface area is 97.5 Å². The highest BCUT2D eigenvalue weighted by molar-refractivity contribution is 7.22. The summed E-state index contributed by atoms with van der Waals surface area (Å²) in [6.45, 7) is 0.219. The maximum Gasteiger partial charge on any atom is 0.325 e. The van der Waals surface area contributed by atoms with E-state index in [1.54, 1.807) is 16.2 Å². The number of methoxy groups -OCH3 is 1. The van der Waals surface area contributed by atoms with Crippen molar-refractivity contribution in [2.45, 2.75) is 0 Å². The number of anilines is 1. The number of likely N-dealkylation sites (N-methyl/N-ethyl adjacent to an activating group) is 1. The number of carbonyl (C=O) groups excluding carboxylic acids is 1. The molecule has 4 nitrogen and oxygen atoms in total. The van der Waals surface area contributed by atoms with Crippen LogP contribution in [0.4, 0.5) is 5.13 Å². The minimum absolute atomic E-state index is 0.219. The Balaban J connectivity index is 2.23. The molecule has 0 fully saturated rings. The van der Waals surface area contributed by atoms with E-state index in [1.807, 2.05) is 31.3 Å². The Morgan fingerprint density at radius 3 is 2.94 bits per heavy atom. The molecule has 0 unspecified atom stereocenters. The van der Waals surface area contributed by atoms with Crippen molar-refractivity contribution in [2.24, 2.45) is 0 Å². The lowest BCUT2D eigenvalue weighted by molar-refractivity contribution is -0.138. The minimum Gasteiger partial charge on any atom is -0.468 e. The molecule has 0 saturated heterocycles. The highest BCUT2D eigenvalue weighted by atomic mass is 32.1. The monoisotopic (exact) mass is 236 g/mol. The Kier molecular flexibility index (Phi) is 3.05. The molecule has 0 aliphatic heterocycles. The molecule has 0 aliphatic carbocycles. The molecule has 5 heteroatoms. The zero-order valence-electron chi connectivity index (χ0n) is 9.14. The Hall–Kier alpha value is -1.62. The molecule has 0 N–H and O–H groups in total. The molecule has 0 saturated carbocycles. The van der Waals surface area contributed by atoms with Crippen molar-refractivity contribution in [3.05, 3.63) is 24.3 Å². The number of fused-ring (bicyclic) bond motifs is 1. The Morgan fingerprint density at radius 2 is 2.25 bits per heavy atom. The summed E-state index contributed by atoms with van der Waals surface area (Å²) in [5.41, 5.74) is 0.958. The van der Waals surface area contributed by atoms with Gasteiger partial charge in [0.2, 0.25) is 0 Å². The quantitative estimate of drug-likeness (QED) is 0.763. The topological polar surface area (TPSA) is 42.4 Å². The van der Waals surface area contributed by atoms with Crippen LogP contribution in [0, 0.1) is 0 Å². The van der Waals surface area contributed by atoms with E-state index in [2.05, 4.69) is 9.72 Å². The number of rotatable bonds is 3. The largest absolute Gasteiger partial charge is 0.468 e. The van der Waals surface area contributed by atoms with E-state index < -0.39 is 0 Å². The normalized spacial score (nSPS) is 10.4. The van der Waals surface area contributed by atoms with Crippen LogP contribution in [0.1, 0.15) is 0 Å². The van der Waals surface area contributed by atoms with E-state index >= 15 is 0 Å². The van der Waals surface area contributed by atoms with Crippen molar-refractivity contribution in [1.29, 1.82) is 0 Å². The van der Waals surface area contributed by atoms with Gasteiger partial charge < -0.3 is 9.64 Å². The summed E-state index contributed by atoms with van der Waals surface area (Å²) in [5.74, 6) is -0.262. The van der Waals surface area contributed by atoms with Crippen LogP contribution in [0.2, 0.25) is 0 Å². The number of nitrogens with zero attached hydrogens (tertiary/aromatic N) is 2. The number of benzene rings is 1. The summed E-state index contributed by atoms with van der Waals surface area (Å²) >= 11 is 1.56. The first-order chi connectivity index (χ1) is 7.70. The molecule has 2 aromatic rings. The second-order valence-corrected chi connectivity index (χ2v) is 4.41. The van der Waals surface area contributed by atoms with Gasteiger partial charge >= 0.3 is 5.97 Å². The van der Waals surface area contributed by atoms with Gasteiger partial charge in [0.1, 0.15) is 6.54 Å². The maximum absolute atomic E-state index is 11.1. The van der Waals surface area contributed by atoms with Gasteiger partial charge in [-0.05, 0) is 12.1 Å². The van der Waals surface area contributed by atoms with Gasteiger partial charge in [0.25, 0.3) is 0 Å². The lowest BCUT2D eigenvalue weighted by Gasteiger charge is -2.12. The van der Waals surface area contributed by atoms with E-state index in [1.165, 1.54) is 7.11 Å². The average molecular weight is 236 g/mol. The van der Waals surface area contributed by atoms with Gasteiger partial charge in [-0.3, -0.25) is 4.79 Å². The molecule has 0 spiro atoms.